The van der Waals surface area contributed by atoms with Gasteiger partial charge in [0, 0.05) is 12.7 Å². The first-order valence-electron chi connectivity index (χ1n) is 6.17. The lowest BCUT2D eigenvalue weighted by atomic mass is 10.1. The molecule has 0 amide bonds. The highest BCUT2D eigenvalue weighted by molar-refractivity contribution is 6.08. The minimum Gasteiger partial charge on any atom is -0.493 e. The summed E-state index contributed by atoms with van der Waals surface area (Å²) >= 11 is 0. The second kappa shape index (κ2) is 6.27. The van der Waals surface area contributed by atoms with E-state index in [9.17, 15) is 9.59 Å². The van der Waals surface area contributed by atoms with Crippen LogP contribution in [0.3, 0.4) is 0 Å². The number of aromatic nitrogens is 2. The summed E-state index contributed by atoms with van der Waals surface area (Å²) in [7, 11) is 4.48. The van der Waals surface area contributed by atoms with E-state index in [0.29, 0.717) is 22.8 Å². The number of rotatable bonds is 6. The Morgan fingerprint density at radius 2 is 1.81 bits per heavy atom. The lowest BCUT2D eigenvalue weighted by Crippen LogP contribution is -2.08. The SMILES string of the molecule is COCc1[nH]c(=O)[nH]c1C(=O)c1ccc(OC)c(OC)c1. The van der Waals surface area contributed by atoms with Crippen LogP contribution in [0.4, 0.5) is 0 Å². The number of ether oxygens (including phenoxy) is 3. The van der Waals surface area contributed by atoms with Gasteiger partial charge in [-0.3, -0.25) is 4.79 Å². The smallest absolute Gasteiger partial charge is 0.323 e. The summed E-state index contributed by atoms with van der Waals surface area (Å²) in [6.07, 6.45) is 0. The minimum absolute atomic E-state index is 0.132. The van der Waals surface area contributed by atoms with E-state index in [-0.39, 0.29) is 18.1 Å². The van der Waals surface area contributed by atoms with Crippen LogP contribution in [0.15, 0.2) is 23.0 Å². The molecule has 2 aromatic rings. The van der Waals surface area contributed by atoms with Crippen LogP contribution in [0.2, 0.25) is 0 Å². The van der Waals surface area contributed by atoms with Crippen LogP contribution >= 0.6 is 0 Å². The van der Waals surface area contributed by atoms with Gasteiger partial charge in [0.15, 0.2) is 11.5 Å². The molecule has 0 unspecified atom stereocenters. The molecule has 2 N–H and O–H groups in total. The molecule has 0 spiro atoms. The van der Waals surface area contributed by atoms with Crippen molar-refractivity contribution in [1.29, 1.82) is 0 Å². The third kappa shape index (κ3) is 2.97. The summed E-state index contributed by atoms with van der Waals surface area (Å²) < 4.78 is 15.2. The van der Waals surface area contributed by atoms with E-state index in [1.165, 1.54) is 21.3 Å². The first kappa shape index (κ1) is 14.9. The Labute approximate surface area is 120 Å². The normalized spacial score (nSPS) is 10.4. The van der Waals surface area contributed by atoms with E-state index < -0.39 is 5.69 Å². The van der Waals surface area contributed by atoms with Crippen LogP contribution in [0.25, 0.3) is 0 Å². The molecule has 0 aliphatic rings. The Morgan fingerprint density at radius 3 is 2.43 bits per heavy atom. The molecule has 0 saturated heterocycles. The topological polar surface area (TPSA) is 93.4 Å². The number of H-pyrrole nitrogens is 2. The molecule has 1 heterocycles. The molecule has 2 rings (SSSR count). The monoisotopic (exact) mass is 292 g/mol. The fourth-order valence-electron chi connectivity index (χ4n) is 1.99. The first-order valence-corrected chi connectivity index (χ1v) is 6.17. The third-order valence-electron chi connectivity index (χ3n) is 2.97. The summed E-state index contributed by atoms with van der Waals surface area (Å²) in [5.74, 6) is 0.629. The van der Waals surface area contributed by atoms with Crippen molar-refractivity contribution in [3.8, 4) is 11.5 Å². The Balaban J connectivity index is 2.42. The van der Waals surface area contributed by atoms with Crippen molar-refractivity contribution in [1.82, 2.24) is 9.97 Å². The lowest BCUT2D eigenvalue weighted by molar-refractivity contribution is 0.102. The second-order valence-corrected chi connectivity index (χ2v) is 4.26. The standard InChI is InChI=1S/C14H16N2O5/c1-19-7-9-12(16-14(18)15-9)13(17)8-4-5-10(20-2)11(6-8)21-3/h4-6H,7H2,1-3H3,(H2,15,16,18). The van der Waals surface area contributed by atoms with Gasteiger partial charge in [0.1, 0.15) is 5.69 Å². The quantitative estimate of drug-likeness (QED) is 0.778. The van der Waals surface area contributed by atoms with Crippen LogP contribution in [0.5, 0.6) is 11.5 Å². The van der Waals surface area contributed by atoms with E-state index in [1.54, 1.807) is 18.2 Å². The molecule has 0 aliphatic heterocycles. The van der Waals surface area contributed by atoms with Crippen molar-refractivity contribution in [2.45, 2.75) is 6.61 Å². The molecule has 7 nitrogen and oxygen atoms in total. The summed E-state index contributed by atoms with van der Waals surface area (Å²) in [4.78, 5) is 28.9. The minimum atomic E-state index is -0.453. The number of imidazole rings is 1. The number of hydrogen-bond donors (Lipinski definition) is 2. The molecule has 0 aliphatic carbocycles. The fraction of sp³-hybridized carbons (Fsp3) is 0.286. The van der Waals surface area contributed by atoms with Crippen molar-refractivity contribution in [2.75, 3.05) is 21.3 Å². The van der Waals surface area contributed by atoms with Crippen molar-refractivity contribution in [3.05, 3.63) is 45.6 Å². The van der Waals surface area contributed by atoms with Crippen molar-refractivity contribution in [3.63, 3.8) is 0 Å². The number of hydrogen-bond acceptors (Lipinski definition) is 5. The maximum Gasteiger partial charge on any atom is 0.323 e. The van der Waals surface area contributed by atoms with Gasteiger partial charge in [-0.05, 0) is 18.2 Å². The molecule has 0 fully saturated rings. The number of aromatic amines is 2. The summed E-state index contributed by atoms with van der Waals surface area (Å²) in [5.41, 5.74) is 0.502. The number of ketones is 1. The Hall–Kier alpha value is -2.54. The fourth-order valence-corrected chi connectivity index (χ4v) is 1.99. The van der Waals surface area contributed by atoms with E-state index >= 15 is 0 Å². The van der Waals surface area contributed by atoms with Gasteiger partial charge in [-0.2, -0.15) is 0 Å². The van der Waals surface area contributed by atoms with Crippen LogP contribution in [-0.2, 0) is 11.3 Å². The molecule has 1 aromatic carbocycles. The Morgan fingerprint density at radius 1 is 1.10 bits per heavy atom. The average Bonchev–Trinajstić information content (AvgIpc) is 2.86. The molecule has 0 saturated carbocycles. The van der Waals surface area contributed by atoms with Crippen molar-refractivity contribution in [2.24, 2.45) is 0 Å². The number of nitrogens with one attached hydrogen (secondary N) is 2. The average molecular weight is 292 g/mol. The summed E-state index contributed by atoms with van der Waals surface area (Å²) in [5, 5.41) is 0. The highest BCUT2D eigenvalue weighted by Gasteiger charge is 2.18. The van der Waals surface area contributed by atoms with Gasteiger partial charge < -0.3 is 24.2 Å². The number of carbonyl (C=O) groups excluding carboxylic acids is 1. The van der Waals surface area contributed by atoms with Gasteiger partial charge in [0.2, 0.25) is 5.78 Å². The molecule has 21 heavy (non-hydrogen) atoms. The van der Waals surface area contributed by atoms with Crippen LogP contribution in [0, 0.1) is 0 Å². The molecule has 1 aromatic heterocycles. The zero-order valence-corrected chi connectivity index (χ0v) is 12.0. The summed E-state index contributed by atoms with van der Waals surface area (Å²) in [6.45, 7) is 0.132. The van der Waals surface area contributed by atoms with Crippen LogP contribution < -0.4 is 15.2 Å². The van der Waals surface area contributed by atoms with E-state index in [1.807, 2.05) is 0 Å². The second-order valence-electron chi connectivity index (χ2n) is 4.26. The zero-order chi connectivity index (χ0) is 15.4. The largest absolute Gasteiger partial charge is 0.493 e. The van der Waals surface area contributed by atoms with Crippen molar-refractivity contribution >= 4 is 5.78 Å². The van der Waals surface area contributed by atoms with E-state index in [4.69, 9.17) is 14.2 Å². The van der Waals surface area contributed by atoms with Gasteiger partial charge in [-0.1, -0.05) is 0 Å². The van der Waals surface area contributed by atoms with Gasteiger partial charge in [-0.15, -0.1) is 0 Å². The maximum absolute atomic E-state index is 12.5. The molecule has 0 atom stereocenters. The number of benzene rings is 1. The molecular formula is C14H16N2O5. The van der Waals surface area contributed by atoms with Gasteiger partial charge in [-0.25, -0.2) is 4.79 Å². The third-order valence-corrected chi connectivity index (χ3v) is 2.97. The van der Waals surface area contributed by atoms with Gasteiger partial charge >= 0.3 is 5.69 Å². The zero-order valence-electron chi connectivity index (χ0n) is 12.0. The maximum atomic E-state index is 12.5. The predicted octanol–water partition coefficient (Wildman–Crippen LogP) is 1.10. The van der Waals surface area contributed by atoms with Gasteiger partial charge in [0.05, 0.1) is 26.5 Å². The van der Waals surface area contributed by atoms with Gasteiger partial charge in [0.25, 0.3) is 0 Å². The van der Waals surface area contributed by atoms with E-state index in [0.717, 1.165) is 0 Å². The molecule has 0 bridgehead atoms. The first-order chi connectivity index (χ1) is 10.1. The van der Waals surface area contributed by atoms with Crippen LogP contribution in [0.1, 0.15) is 21.7 Å². The molecular weight excluding hydrogens is 276 g/mol. The number of methoxy groups -OCH3 is 3. The predicted molar refractivity (Wildman–Crippen MR) is 75.1 cm³/mol. The molecule has 0 radical (unpaired) electrons. The molecule has 7 heteroatoms. The summed E-state index contributed by atoms with van der Waals surface area (Å²) in [6, 6.07) is 4.79. The Bertz CT molecular complexity index is 702. The molecule has 112 valence electrons. The highest BCUT2D eigenvalue weighted by atomic mass is 16.5. The highest BCUT2D eigenvalue weighted by Crippen LogP contribution is 2.28. The van der Waals surface area contributed by atoms with Crippen molar-refractivity contribution < 1.29 is 19.0 Å². The lowest BCUT2D eigenvalue weighted by Gasteiger charge is -2.09. The number of carbonyl (C=O) groups is 1. The van der Waals surface area contributed by atoms with Crippen LogP contribution in [-0.4, -0.2) is 37.1 Å². The Kier molecular flexibility index (Phi) is 4.44. The van der Waals surface area contributed by atoms with E-state index in [2.05, 4.69) is 9.97 Å².